The molecule has 1 aromatic carbocycles. The summed E-state index contributed by atoms with van der Waals surface area (Å²) in [6.07, 6.45) is 5.89. The number of Topliss-reactive ketones (excluding diaryl/α,β-unsaturated/α-hetero) is 1. The van der Waals surface area contributed by atoms with Gasteiger partial charge < -0.3 is 14.6 Å². The van der Waals surface area contributed by atoms with E-state index in [0.29, 0.717) is 32.5 Å². The molecule has 0 saturated carbocycles. The predicted molar refractivity (Wildman–Crippen MR) is 175 cm³/mol. The Hall–Kier alpha value is -4.38. The first-order chi connectivity index (χ1) is 21.3. The average molecular weight is 626 g/mol. The zero-order valence-corrected chi connectivity index (χ0v) is 27.7. The molecule has 0 aliphatic carbocycles. The van der Waals surface area contributed by atoms with Gasteiger partial charge in [-0.25, -0.2) is 19.7 Å². The van der Waals surface area contributed by atoms with Gasteiger partial charge >= 0.3 is 6.09 Å². The highest BCUT2D eigenvalue weighted by atomic mass is 32.1. The highest BCUT2D eigenvalue weighted by Crippen LogP contribution is 2.34. The topological polar surface area (TPSA) is 119 Å². The molecule has 1 aliphatic heterocycles. The van der Waals surface area contributed by atoms with Gasteiger partial charge in [-0.15, -0.1) is 11.3 Å². The maximum atomic E-state index is 12.9. The molecule has 234 valence electrons. The van der Waals surface area contributed by atoms with Crippen molar-refractivity contribution in [1.29, 1.82) is 0 Å². The fraction of sp³-hybridized carbons (Fsp3) is 0.412. The number of nitrogens with zero attached hydrogens (tertiary/aromatic N) is 6. The van der Waals surface area contributed by atoms with Crippen LogP contribution in [0.4, 0.5) is 4.79 Å². The lowest BCUT2D eigenvalue weighted by Crippen LogP contribution is -2.41. The maximum Gasteiger partial charge on any atom is 0.410 e. The molecule has 5 aromatic rings. The number of aryl methyl sites for hydroxylation is 2. The molecule has 0 spiro atoms. The largest absolute Gasteiger partial charge is 0.444 e. The van der Waals surface area contributed by atoms with Crippen LogP contribution >= 0.6 is 11.3 Å². The van der Waals surface area contributed by atoms with Crippen LogP contribution in [0.5, 0.6) is 0 Å². The molecule has 0 radical (unpaired) electrons. The van der Waals surface area contributed by atoms with Crippen molar-refractivity contribution in [2.75, 3.05) is 6.54 Å². The maximum absolute atomic E-state index is 12.9. The van der Waals surface area contributed by atoms with Crippen LogP contribution in [-0.2, 0) is 29.7 Å². The molecule has 1 amide bonds. The number of amides is 1. The SMILES string of the molecule is Cc1cc(-c2ncnc3[nH]c(-c4cnn5c4CN(C(=O)OC(C)(C)C)CC5)cc23)ccc1CCC(=O)c1cnc(C(C)(C)C)s1. The van der Waals surface area contributed by atoms with Crippen molar-refractivity contribution in [2.24, 2.45) is 0 Å². The molecule has 4 aromatic heterocycles. The zero-order chi connectivity index (χ0) is 32.1. The van der Waals surface area contributed by atoms with Crippen LogP contribution in [0.1, 0.15) is 79.5 Å². The summed E-state index contributed by atoms with van der Waals surface area (Å²) in [5.74, 6) is 0.125. The summed E-state index contributed by atoms with van der Waals surface area (Å²) in [6.45, 7) is 15.6. The minimum Gasteiger partial charge on any atom is -0.444 e. The third kappa shape index (κ3) is 6.40. The van der Waals surface area contributed by atoms with E-state index in [9.17, 15) is 9.59 Å². The van der Waals surface area contributed by atoms with Crippen molar-refractivity contribution < 1.29 is 14.3 Å². The summed E-state index contributed by atoms with van der Waals surface area (Å²) in [5, 5.41) is 6.47. The van der Waals surface area contributed by atoms with Crippen molar-refractivity contribution in [1.82, 2.24) is 34.6 Å². The first kappa shape index (κ1) is 30.6. The Morgan fingerprint density at radius 2 is 1.82 bits per heavy atom. The summed E-state index contributed by atoms with van der Waals surface area (Å²) in [5.41, 5.74) is 6.86. The molecule has 11 heteroatoms. The van der Waals surface area contributed by atoms with Gasteiger partial charge in [0.1, 0.15) is 17.6 Å². The molecule has 0 saturated heterocycles. The standard InChI is InChI=1S/C34H39N7O3S/c1-20-14-22(9-8-21(20)10-11-27(42)28-17-35-31(45-28)33(2,3)4)29-23-15-25(39-30(23)37-19-36-29)24-16-38-41-13-12-40(18-26(24)41)32(43)44-34(5,6)7/h8-9,14-17,19H,10-13,18H2,1-7H3,(H,36,37,39). The Labute approximate surface area is 266 Å². The second-order valence-corrected chi connectivity index (χ2v) is 14.7. The van der Waals surface area contributed by atoms with Gasteiger partial charge in [0.2, 0.25) is 0 Å². The lowest BCUT2D eigenvalue weighted by atomic mass is 9.98. The Balaban J connectivity index is 1.21. The summed E-state index contributed by atoms with van der Waals surface area (Å²) in [7, 11) is 0. The molecule has 0 fully saturated rings. The normalized spacial score (nSPS) is 13.7. The molecule has 6 rings (SSSR count). The van der Waals surface area contributed by atoms with Gasteiger partial charge in [-0.1, -0.05) is 32.9 Å². The van der Waals surface area contributed by atoms with Gasteiger partial charge in [-0.2, -0.15) is 5.10 Å². The number of rotatable bonds is 6. The lowest BCUT2D eigenvalue weighted by molar-refractivity contribution is 0.0194. The fourth-order valence-corrected chi connectivity index (χ4v) is 6.45. The number of nitrogens with one attached hydrogen (secondary N) is 1. The summed E-state index contributed by atoms with van der Waals surface area (Å²) >= 11 is 1.49. The second kappa shape index (κ2) is 11.5. The molecule has 0 atom stereocenters. The third-order valence-electron chi connectivity index (χ3n) is 7.90. The van der Waals surface area contributed by atoms with E-state index in [1.165, 1.54) is 11.3 Å². The van der Waals surface area contributed by atoms with Gasteiger partial charge in [0.05, 0.1) is 46.3 Å². The quantitative estimate of drug-likeness (QED) is 0.200. The van der Waals surface area contributed by atoms with Crippen LogP contribution in [0.15, 0.2) is 43.0 Å². The van der Waals surface area contributed by atoms with Crippen molar-refractivity contribution in [3.8, 4) is 22.5 Å². The number of ether oxygens (including phenoxy) is 1. The van der Waals surface area contributed by atoms with Crippen LogP contribution < -0.4 is 0 Å². The second-order valence-electron chi connectivity index (χ2n) is 13.6. The number of carbonyl (C=O) groups is 2. The number of fused-ring (bicyclic) bond motifs is 2. The number of ketones is 1. The Bertz CT molecular complexity index is 1900. The van der Waals surface area contributed by atoms with E-state index in [4.69, 9.17) is 4.74 Å². The first-order valence-corrected chi connectivity index (χ1v) is 16.0. The highest BCUT2D eigenvalue weighted by Gasteiger charge is 2.29. The summed E-state index contributed by atoms with van der Waals surface area (Å²) in [6, 6.07) is 8.33. The molecular formula is C34H39N7O3S. The van der Waals surface area contributed by atoms with Gasteiger partial charge in [-0.05, 0) is 57.4 Å². The number of benzene rings is 1. The van der Waals surface area contributed by atoms with Crippen molar-refractivity contribution >= 4 is 34.2 Å². The van der Waals surface area contributed by atoms with E-state index >= 15 is 0 Å². The van der Waals surface area contributed by atoms with E-state index in [0.717, 1.165) is 60.3 Å². The smallest absolute Gasteiger partial charge is 0.410 e. The lowest BCUT2D eigenvalue weighted by Gasteiger charge is -2.30. The molecule has 5 heterocycles. The minimum atomic E-state index is -0.559. The Morgan fingerprint density at radius 3 is 2.53 bits per heavy atom. The third-order valence-corrected chi connectivity index (χ3v) is 9.36. The molecule has 1 N–H and O–H groups in total. The van der Waals surface area contributed by atoms with Crippen molar-refractivity contribution in [3.05, 3.63) is 69.7 Å². The van der Waals surface area contributed by atoms with Gasteiger partial charge in [-0.3, -0.25) is 9.48 Å². The number of aromatic amines is 1. The number of aromatic nitrogens is 6. The van der Waals surface area contributed by atoms with Gasteiger partial charge in [0.25, 0.3) is 0 Å². The van der Waals surface area contributed by atoms with Gasteiger partial charge in [0.15, 0.2) is 5.78 Å². The minimum absolute atomic E-state index is 0.0658. The average Bonchev–Trinajstić information content (AvgIpc) is 3.73. The van der Waals surface area contributed by atoms with E-state index in [1.807, 2.05) is 31.6 Å². The predicted octanol–water partition coefficient (Wildman–Crippen LogP) is 7.12. The molecule has 45 heavy (non-hydrogen) atoms. The van der Waals surface area contributed by atoms with Crippen molar-refractivity contribution in [3.63, 3.8) is 0 Å². The van der Waals surface area contributed by atoms with E-state index < -0.39 is 5.60 Å². The molecular weight excluding hydrogens is 586 g/mol. The number of hydrogen-bond acceptors (Lipinski definition) is 8. The molecule has 10 nitrogen and oxygen atoms in total. The van der Waals surface area contributed by atoms with Crippen LogP contribution in [0.25, 0.3) is 33.5 Å². The van der Waals surface area contributed by atoms with E-state index in [-0.39, 0.29) is 17.3 Å². The van der Waals surface area contributed by atoms with Crippen LogP contribution in [0, 0.1) is 6.92 Å². The van der Waals surface area contributed by atoms with E-state index in [2.05, 4.69) is 77.0 Å². The molecule has 1 aliphatic rings. The number of H-pyrrole nitrogens is 1. The Morgan fingerprint density at radius 1 is 1.02 bits per heavy atom. The van der Waals surface area contributed by atoms with Crippen LogP contribution in [-0.4, -0.2) is 58.6 Å². The Kier molecular flexibility index (Phi) is 7.84. The number of hydrogen-bond donors (Lipinski definition) is 1. The first-order valence-electron chi connectivity index (χ1n) is 15.2. The summed E-state index contributed by atoms with van der Waals surface area (Å²) in [4.78, 5) is 45.2. The zero-order valence-electron chi connectivity index (χ0n) is 26.9. The highest BCUT2D eigenvalue weighted by molar-refractivity contribution is 7.13. The van der Waals surface area contributed by atoms with Crippen molar-refractivity contribution in [2.45, 2.75) is 85.4 Å². The van der Waals surface area contributed by atoms with Crippen LogP contribution in [0.2, 0.25) is 0 Å². The summed E-state index contributed by atoms with van der Waals surface area (Å²) < 4.78 is 7.56. The van der Waals surface area contributed by atoms with Crippen LogP contribution in [0.3, 0.4) is 0 Å². The van der Waals surface area contributed by atoms with Gasteiger partial charge in [0, 0.05) is 41.1 Å². The van der Waals surface area contributed by atoms with E-state index in [1.54, 1.807) is 17.4 Å². The fourth-order valence-electron chi connectivity index (χ4n) is 5.51. The number of carbonyl (C=O) groups excluding carboxylic acids is 2. The monoisotopic (exact) mass is 625 g/mol. The molecule has 0 bridgehead atoms. The molecule has 0 unspecified atom stereocenters. The number of thiazole rings is 1.